The molecule has 0 radical (unpaired) electrons. The molecule has 2 rings (SSSR count). The molecule has 0 bridgehead atoms. The van der Waals surface area contributed by atoms with E-state index in [-0.39, 0.29) is 17.4 Å². The van der Waals surface area contributed by atoms with E-state index in [0.29, 0.717) is 12.6 Å². The lowest BCUT2D eigenvalue weighted by Crippen LogP contribution is -2.40. The molecule has 1 aromatic heterocycles. The smallest absolute Gasteiger partial charge is 0.372 e. The summed E-state index contributed by atoms with van der Waals surface area (Å²) >= 11 is 0. The second-order valence-corrected chi connectivity index (χ2v) is 4.85. The van der Waals surface area contributed by atoms with Crippen LogP contribution in [0.2, 0.25) is 0 Å². The number of methoxy groups -OCH3 is 1. The van der Waals surface area contributed by atoms with Gasteiger partial charge in [0.2, 0.25) is 5.82 Å². The van der Waals surface area contributed by atoms with Gasteiger partial charge in [-0.05, 0) is 26.4 Å². The van der Waals surface area contributed by atoms with E-state index < -0.39 is 4.92 Å². The van der Waals surface area contributed by atoms with Crippen LogP contribution >= 0.6 is 0 Å². The lowest BCUT2D eigenvalue weighted by Gasteiger charge is -2.32. The number of likely N-dealkylation sites (tertiary alicyclic amines) is 1. The Kier molecular flexibility index (Phi) is 4.67. The van der Waals surface area contributed by atoms with Gasteiger partial charge in [-0.3, -0.25) is 10.1 Å². The molecule has 1 unspecified atom stereocenters. The van der Waals surface area contributed by atoms with Gasteiger partial charge in [-0.1, -0.05) is 6.42 Å². The number of ether oxygens (including phenoxy) is 1. The maximum Gasteiger partial charge on any atom is 0.372 e. The van der Waals surface area contributed by atoms with Gasteiger partial charge in [0.1, 0.15) is 6.33 Å². The number of piperidine rings is 1. The first kappa shape index (κ1) is 14.4. The first-order valence-corrected chi connectivity index (χ1v) is 6.61. The summed E-state index contributed by atoms with van der Waals surface area (Å²) < 4.78 is 4.92. The number of aromatic nitrogens is 2. The zero-order valence-corrected chi connectivity index (χ0v) is 11.7. The zero-order chi connectivity index (χ0) is 14.5. The summed E-state index contributed by atoms with van der Waals surface area (Å²) in [7, 11) is 3.43. The van der Waals surface area contributed by atoms with Crippen molar-refractivity contribution in [3.05, 3.63) is 16.4 Å². The molecule has 0 saturated carbocycles. The first-order valence-electron chi connectivity index (χ1n) is 6.61. The van der Waals surface area contributed by atoms with Crippen LogP contribution in [-0.4, -0.2) is 53.1 Å². The molecule has 1 aliphatic rings. The van der Waals surface area contributed by atoms with Gasteiger partial charge in [-0.15, -0.1) is 0 Å². The van der Waals surface area contributed by atoms with Crippen molar-refractivity contribution >= 4 is 11.5 Å². The fraction of sp³-hybridized carbons (Fsp3) is 0.667. The minimum atomic E-state index is -0.522. The van der Waals surface area contributed by atoms with Crippen LogP contribution in [0.5, 0.6) is 5.88 Å². The van der Waals surface area contributed by atoms with E-state index in [4.69, 9.17) is 4.74 Å². The Balaban J connectivity index is 2.10. The minimum Gasteiger partial charge on any atom is -0.476 e. The van der Waals surface area contributed by atoms with Gasteiger partial charge in [0.15, 0.2) is 0 Å². The average Bonchev–Trinajstić information content (AvgIpc) is 2.45. The highest BCUT2D eigenvalue weighted by Crippen LogP contribution is 2.30. The summed E-state index contributed by atoms with van der Waals surface area (Å²) in [4.78, 5) is 20.6. The molecule has 20 heavy (non-hydrogen) atoms. The number of hydrogen-bond acceptors (Lipinski definition) is 7. The van der Waals surface area contributed by atoms with Crippen molar-refractivity contribution in [1.29, 1.82) is 0 Å². The Hall–Kier alpha value is -1.96. The molecular weight excluding hydrogens is 262 g/mol. The van der Waals surface area contributed by atoms with Gasteiger partial charge in [-0.25, -0.2) is 4.98 Å². The van der Waals surface area contributed by atoms with E-state index in [1.165, 1.54) is 26.3 Å². The number of likely N-dealkylation sites (N-methyl/N-ethyl adjacent to an activating group) is 1. The maximum atomic E-state index is 11.1. The van der Waals surface area contributed by atoms with Crippen molar-refractivity contribution in [2.24, 2.45) is 0 Å². The number of nitrogens with zero attached hydrogens (tertiary/aromatic N) is 4. The molecular formula is C12H19N5O3. The van der Waals surface area contributed by atoms with E-state index in [2.05, 4.69) is 27.2 Å². The normalized spacial score (nSPS) is 19.6. The van der Waals surface area contributed by atoms with Crippen LogP contribution in [0, 0.1) is 10.1 Å². The molecule has 0 spiro atoms. The molecule has 8 heteroatoms. The summed E-state index contributed by atoms with van der Waals surface area (Å²) in [5.41, 5.74) is -0.214. The third-order valence-corrected chi connectivity index (χ3v) is 3.59. The molecule has 0 aliphatic carbocycles. The first-order chi connectivity index (χ1) is 9.63. The Bertz CT molecular complexity index is 482. The van der Waals surface area contributed by atoms with Crippen molar-refractivity contribution < 1.29 is 9.66 Å². The zero-order valence-electron chi connectivity index (χ0n) is 11.7. The lowest BCUT2D eigenvalue weighted by atomic mass is 10.0. The van der Waals surface area contributed by atoms with Gasteiger partial charge in [0.25, 0.3) is 5.88 Å². The van der Waals surface area contributed by atoms with Crippen LogP contribution in [0.3, 0.4) is 0 Å². The Morgan fingerprint density at radius 3 is 3.00 bits per heavy atom. The third kappa shape index (κ3) is 3.13. The van der Waals surface area contributed by atoms with Gasteiger partial charge >= 0.3 is 5.69 Å². The van der Waals surface area contributed by atoms with E-state index in [9.17, 15) is 10.1 Å². The Labute approximate surface area is 117 Å². The summed E-state index contributed by atoms with van der Waals surface area (Å²) in [6.07, 6.45) is 4.73. The van der Waals surface area contributed by atoms with Crippen molar-refractivity contribution in [2.45, 2.75) is 25.3 Å². The minimum absolute atomic E-state index is 0.0236. The lowest BCUT2D eigenvalue weighted by molar-refractivity contribution is -0.385. The SMILES string of the molecule is COc1ncnc(NCC2CCCCN2C)c1[N+](=O)[O-]. The summed E-state index contributed by atoms with van der Waals surface area (Å²) in [6.45, 7) is 1.68. The fourth-order valence-electron chi connectivity index (χ4n) is 2.42. The molecule has 1 saturated heterocycles. The van der Waals surface area contributed by atoms with Crippen LogP contribution in [0.15, 0.2) is 6.33 Å². The van der Waals surface area contributed by atoms with Crippen molar-refractivity contribution in [1.82, 2.24) is 14.9 Å². The topological polar surface area (TPSA) is 93.4 Å². The van der Waals surface area contributed by atoms with Gasteiger partial charge in [0, 0.05) is 12.6 Å². The Morgan fingerprint density at radius 1 is 1.55 bits per heavy atom. The number of anilines is 1. The number of nitro groups is 1. The van der Waals surface area contributed by atoms with Crippen LogP contribution in [0.4, 0.5) is 11.5 Å². The highest BCUT2D eigenvalue weighted by molar-refractivity contribution is 5.61. The third-order valence-electron chi connectivity index (χ3n) is 3.59. The molecule has 110 valence electrons. The van der Waals surface area contributed by atoms with E-state index in [0.717, 1.165) is 13.0 Å². The second-order valence-electron chi connectivity index (χ2n) is 4.85. The van der Waals surface area contributed by atoms with E-state index >= 15 is 0 Å². The molecule has 1 aromatic rings. The standard InChI is InChI=1S/C12H19N5O3/c1-16-6-4-3-5-9(16)7-13-11-10(17(18)19)12(20-2)15-8-14-11/h8-9H,3-7H2,1-2H3,(H,13,14,15). The maximum absolute atomic E-state index is 11.1. The van der Waals surface area contributed by atoms with E-state index in [1.807, 2.05) is 0 Å². The second kappa shape index (κ2) is 6.47. The highest BCUT2D eigenvalue weighted by atomic mass is 16.6. The monoisotopic (exact) mass is 281 g/mol. The predicted octanol–water partition coefficient (Wildman–Crippen LogP) is 1.29. The van der Waals surface area contributed by atoms with Crippen molar-refractivity contribution in [3.63, 3.8) is 0 Å². The highest BCUT2D eigenvalue weighted by Gasteiger charge is 2.25. The molecule has 2 heterocycles. The molecule has 0 amide bonds. The number of nitrogens with one attached hydrogen (secondary N) is 1. The van der Waals surface area contributed by atoms with Crippen LogP contribution in [0.25, 0.3) is 0 Å². The summed E-state index contributed by atoms with van der Waals surface area (Å²) in [5.74, 6) is 0.185. The van der Waals surface area contributed by atoms with Crippen LogP contribution in [0.1, 0.15) is 19.3 Å². The van der Waals surface area contributed by atoms with Gasteiger partial charge in [0.05, 0.1) is 12.0 Å². The molecule has 8 nitrogen and oxygen atoms in total. The quantitative estimate of drug-likeness (QED) is 0.642. The van der Waals surface area contributed by atoms with Crippen LogP contribution in [-0.2, 0) is 0 Å². The van der Waals surface area contributed by atoms with Crippen molar-refractivity contribution in [2.75, 3.05) is 32.6 Å². The molecule has 1 atom stereocenters. The number of hydrogen-bond donors (Lipinski definition) is 1. The molecule has 0 aromatic carbocycles. The van der Waals surface area contributed by atoms with Gasteiger partial charge < -0.3 is 15.0 Å². The molecule has 1 N–H and O–H groups in total. The van der Waals surface area contributed by atoms with E-state index in [1.54, 1.807) is 0 Å². The van der Waals surface area contributed by atoms with Gasteiger partial charge in [-0.2, -0.15) is 4.98 Å². The Morgan fingerprint density at radius 2 is 2.35 bits per heavy atom. The average molecular weight is 281 g/mol. The predicted molar refractivity (Wildman–Crippen MR) is 74.0 cm³/mol. The largest absolute Gasteiger partial charge is 0.476 e. The van der Waals surface area contributed by atoms with Crippen LogP contribution < -0.4 is 10.1 Å². The number of rotatable bonds is 5. The summed E-state index contributed by atoms with van der Waals surface area (Å²) in [6, 6.07) is 0.365. The molecule has 1 fully saturated rings. The fourth-order valence-corrected chi connectivity index (χ4v) is 2.42. The van der Waals surface area contributed by atoms with Crippen molar-refractivity contribution in [3.8, 4) is 5.88 Å². The molecule has 1 aliphatic heterocycles. The summed E-state index contributed by atoms with van der Waals surface area (Å²) in [5, 5.41) is 14.2.